The predicted octanol–water partition coefficient (Wildman–Crippen LogP) is -0.0713. The first-order valence-corrected chi connectivity index (χ1v) is 5.22. The molecule has 18 heavy (non-hydrogen) atoms. The Bertz CT molecular complexity index is 623. The van der Waals surface area contributed by atoms with Gasteiger partial charge < -0.3 is 21.2 Å². The molecule has 7 nitrogen and oxygen atoms in total. The summed E-state index contributed by atoms with van der Waals surface area (Å²) < 4.78 is 4.95. The second-order valence-corrected chi connectivity index (χ2v) is 3.72. The third kappa shape index (κ3) is 2.40. The van der Waals surface area contributed by atoms with E-state index in [4.69, 9.17) is 16.2 Å². The summed E-state index contributed by atoms with van der Waals surface area (Å²) >= 11 is 0. The van der Waals surface area contributed by atoms with Crippen molar-refractivity contribution in [1.82, 2.24) is 15.0 Å². The van der Waals surface area contributed by atoms with Gasteiger partial charge in [-0.1, -0.05) is 0 Å². The van der Waals surface area contributed by atoms with Gasteiger partial charge in [0.05, 0.1) is 7.11 Å². The molecule has 2 aromatic rings. The standard InChI is InChI=1S/C11H13N5O2/c1-18-8-3-6(4-14-10(8)17)2-7-5-15-11(13)16-9(7)12/h3-5H,2H2,1H3,(H,14,17)(H4,12,13,15,16). The van der Waals surface area contributed by atoms with Crippen LogP contribution in [0.3, 0.4) is 0 Å². The minimum absolute atomic E-state index is 0.135. The van der Waals surface area contributed by atoms with Crippen molar-refractivity contribution < 1.29 is 4.74 Å². The summed E-state index contributed by atoms with van der Waals surface area (Å²) in [6, 6.07) is 1.65. The Kier molecular flexibility index (Phi) is 3.13. The van der Waals surface area contributed by atoms with Crippen molar-refractivity contribution in [3.8, 4) is 5.75 Å². The fourth-order valence-corrected chi connectivity index (χ4v) is 1.55. The first-order valence-electron chi connectivity index (χ1n) is 5.22. The average molecular weight is 247 g/mol. The number of hydrogen-bond acceptors (Lipinski definition) is 6. The number of methoxy groups -OCH3 is 1. The fourth-order valence-electron chi connectivity index (χ4n) is 1.55. The van der Waals surface area contributed by atoms with E-state index in [2.05, 4.69) is 15.0 Å². The molecule has 2 rings (SSSR count). The van der Waals surface area contributed by atoms with Gasteiger partial charge in [-0.3, -0.25) is 4.79 Å². The number of anilines is 2. The van der Waals surface area contributed by atoms with Crippen molar-refractivity contribution in [2.45, 2.75) is 6.42 Å². The summed E-state index contributed by atoms with van der Waals surface area (Å²) in [4.78, 5) is 21.7. The summed E-state index contributed by atoms with van der Waals surface area (Å²) in [5, 5.41) is 0. The first-order chi connectivity index (χ1) is 8.60. The van der Waals surface area contributed by atoms with Gasteiger partial charge in [-0.2, -0.15) is 4.98 Å². The maximum absolute atomic E-state index is 11.3. The highest BCUT2D eigenvalue weighted by Gasteiger charge is 2.06. The number of rotatable bonds is 3. The molecule has 0 amide bonds. The van der Waals surface area contributed by atoms with Gasteiger partial charge in [0.15, 0.2) is 5.75 Å². The summed E-state index contributed by atoms with van der Waals surface area (Å²) in [6.45, 7) is 0. The van der Waals surface area contributed by atoms with Crippen LogP contribution in [0.25, 0.3) is 0 Å². The second-order valence-electron chi connectivity index (χ2n) is 3.72. The second kappa shape index (κ2) is 4.74. The largest absolute Gasteiger partial charge is 0.491 e. The fraction of sp³-hybridized carbons (Fsp3) is 0.182. The Morgan fingerprint density at radius 3 is 2.89 bits per heavy atom. The Morgan fingerprint density at radius 2 is 2.22 bits per heavy atom. The molecule has 94 valence electrons. The lowest BCUT2D eigenvalue weighted by molar-refractivity contribution is 0.407. The van der Waals surface area contributed by atoms with Crippen molar-refractivity contribution in [2.24, 2.45) is 0 Å². The number of aromatic nitrogens is 3. The molecule has 5 N–H and O–H groups in total. The number of aromatic amines is 1. The third-order valence-electron chi connectivity index (χ3n) is 2.46. The smallest absolute Gasteiger partial charge is 0.290 e. The molecule has 2 aromatic heterocycles. The molecule has 7 heteroatoms. The number of H-pyrrole nitrogens is 1. The van der Waals surface area contributed by atoms with E-state index in [9.17, 15) is 4.79 Å². The maximum Gasteiger partial charge on any atom is 0.290 e. The SMILES string of the molecule is COc1cc(Cc2cnc(N)nc2N)c[nH]c1=O. The molecule has 0 unspecified atom stereocenters. The van der Waals surface area contributed by atoms with E-state index in [0.717, 1.165) is 11.1 Å². The van der Waals surface area contributed by atoms with Crippen molar-refractivity contribution in [1.29, 1.82) is 0 Å². The quantitative estimate of drug-likeness (QED) is 0.698. The summed E-state index contributed by atoms with van der Waals surface area (Å²) in [7, 11) is 1.44. The number of ether oxygens (including phenoxy) is 1. The molecule has 0 spiro atoms. The highest BCUT2D eigenvalue weighted by Crippen LogP contribution is 2.15. The van der Waals surface area contributed by atoms with E-state index in [1.807, 2.05) is 0 Å². The van der Waals surface area contributed by atoms with Gasteiger partial charge in [-0.15, -0.1) is 0 Å². The first kappa shape index (κ1) is 11.9. The summed E-state index contributed by atoms with van der Waals surface area (Å²) in [5.74, 6) is 0.713. The van der Waals surface area contributed by atoms with Crippen molar-refractivity contribution >= 4 is 11.8 Å². The topological polar surface area (TPSA) is 120 Å². The van der Waals surface area contributed by atoms with Gasteiger partial charge in [0.1, 0.15) is 5.82 Å². The van der Waals surface area contributed by atoms with Gasteiger partial charge in [-0.25, -0.2) is 4.98 Å². The minimum Gasteiger partial charge on any atom is -0.491 e. The van der Waals surface area contributed by atoms with Gasteiger partial charge >= 0.3 is 0 Å². The predicted molar refractivity (Wildman–Crippen MR) is 67.3 cm³/mol. The molecule has 0 aliphatic heterocycles. The number of nitrogens with zero attached hydrogens (tertiary/aromatic N) is 2. The molecule has 0 saturated heterocycles. The van der Waals surface area contributed by atoms with Crippen molar-refractivity contribution in [3.05, 3.63) is 39.9 Å². The van der Waals surface area contributed by atoms with Crippen molar-refractivity contribution in [2.75, 3.05) is 18.6 Å². The van der Waals surface area contributed by atoms with Crippen LogP contribution in [-0.2, 0) is 6.42 Å². The molecule has 0 aromatic carbocycles. The van der Waals surface area contributed by atoms with Gasteiger partial charge in [-0.05, 0) is 11.6 Å². The molecule has 2 heterocycles. The lowest BCUT2D eigenvalue weighted by Gasteiger charge is -2.06. The number of hydrogen-bond donors (Lipinski definition) is 3. The van der Waals surface area contributed by atoms with Crippen LogP contribution in [0, 0.1) is 0 Å². The molecule has 0 bridgehead atoms. The molecular formula is C11H13N5O2. The van der Waals surface area contributed by atoms with E-state index < -0.39 is 0 Å². The Morgan fingerprint density at radius 1 is 1.44 bits per heavy atom. The minimum atomic E-state index is -0.275. The Balaban J connectivity index is 2.31. The number of pyridine rings is 1. The zero-order valence-electron chi connectivity index (χ0n) is 9.80. The average Bonchev–Trinajstić information content (AvgIpc) is 2.35. The van der Waals surface area contributed by atoms with Crippen LogP contribution in [0.4, 0.5) is 11.8 Å². The molecule has 0 aliphatic rings. The van der Waals surface area contributed by atoms with Crippen molar-refractivity contribution in [3.63, 3.8) is 0 Å². The lowest BCUT2D eigenvalue weighted by Crippen LogP contribution is -2.10. The Hall–Kier alpha value is -2.57. The molecule has 0 aliphatic carbocycles. The molecule has 0 atom stereocenters. The van der Waals surface area contributed by atoms with Crippen LogP contribution in [0.1, 0.15) is 11.1 Å². The Labute approximate surface area is 103 Å². The van der Waals surface area contributed by atoms with Gasteiger partial charge in [0.2, 0.25) is 5.95 Å². The molecular weight excluding hydrogens is 234 g/mol. The van der Waals surface area contributed by atoms with Crippen LogP contribution < -0.4 is 21.8 Å². The zero-order valence-corrected chi connectivity index (χ0v) is 9.80. The van der Waals surface area contributed by atoms with E-state index in [1.54, 1.807) is 18.5 Å². The molecule has 0 fully saturated rings. The molecule has 0 radical (unpaired) electrons. The monoisotopic (exact) mass is 247 g/mol. The van der Waals surface area contributed by atoms with E-state index in [1.165, 1.54) is 7.11 Å². The maximum atomic E-state index is 11.3. The molecule has 0 saturated carbocycles. The van der Waals surface area contributed by atoms with Crippen LogP contribution in [0.15, 0.2) is 23.3 Å². The zero-order chi connectivity index (χ0) is 13.1. The third-order valence-corrected chi connectivity index (χ3v) is 2.46. The van der Waals surface area contributed by atoms with Crippen LogP contribution >= 0.6 is 0 Å². The van der Waals surface area contributed by atoms with E-state index >= 15 is 0 Å². The van der Waals surface area contributed by atoms with Crippen LogP contribution in [0.5, 0.6) is 5.75 Å². The van der Waals surface area contributed by atoms with E-state index in [0.29, 0.717) is 12.2 Å². The number of nitrogen functional groups attached to an aromatic ring is 2. The van der Waals surface area contributed by atoms with Gasteiger partial charge in [0.25, 0.3) is 5.56 Å². The summed E-state index contributed by atoms with van der Waals surface area (Å²) in [5.41, 5.74) is 12.5. The van der Waals surface area contributed by atoms with E-state index in [-0.39, 0.29) is 17.3 Å². The highest BCUT2D eigenvalue weighted by atomic mass is 16.5. The highest BCUT2D eigenvalue weighted by molar-refractivity contribution is 5.44. The normalized spacial score (nSPS) is 10.3. The number of nitrogens with two attached hydrogens (primary N) is 2. The summed E-state index contributed by atoms with van der Waals surface area (Å²) in [6.07, 6.45) is 3.65. The van der Waals surface area contributed by atoms with Gasteiger partial charge in [0, 0.05) is 24.4 Å². The van der Waals surface area contributed by atoms with Crippen LogP contribution in [0.2, 0.25) is 0 Å². The number of nitrogens with one attached hydrogen (secondary N) is 1. The lowest BCUT2D eigenvalue weighted by atomic mass is 10.1. The van der Waals surface area contributed by atoms with Crippen LogP contribution in [-0.4, -0.2) is 22.1 Å².